The number of amides is 1. The van der Waals surface area contributed by atoms with Crippen LogP contribution >= 0.6 is 15.9 Å². The molecule has 0 aliphatic carbocycles. The third-order valence-corrected chi connectivity index (χ3v) is 2.85. The molecule has 1 aliphatic heterocycles. The van der Waals surface area contributed by atoms with Crippen LogP contribution in [0.15, 0.2) is 28.7 Å². The fourth-order valence-electron chi connectivity index (χ4n) is 1.53. The van der Waals surface area contributed by atoms with Gasteiger partial charge in [0.15, 0.2) is 0 Å². The number of carbonyl (C=O) groups is 1. The van der Waals surface area contributed by atoms with Crippen molar-refractivity contribution in [1.29, 1.82) is 0 Å². The quantitative estimate of drug-likeness (QED) is 0.633. The van der Waals surface area contributed by atoms with Gasteiger partial charge in [-0.25, -0.2) is 0 Å². The van der Waals surface area contributed by atoms with Gasteiger partial charge in [-0.15, -0.1) is 0 Å². The summed E-state index contributed by atoms with van der Waals surface area (Å²) >= 11 is 3.33. The molecule has 0 radical (unpaired) electrons. The predicted octanol–water partition coefficient (Wildman–Crippen LogP) is -0.0436. The van der Waals surface area contributed by atoms with Crippen LogP contribution in [-0.2, 0) is 0 Å². The number of hydrazine groups is 1. The summed E-state index contributed by atoms with van der Waals surface area (Å²) < 4.78 is 0.895. The highest BCUT2D eigenvalue weighted by molar-refractivity contribution is 9.10. The minimum Gasteiger partial charge on any atom is -0.277 e. The van der Waals surface area contributed by atoms with E-state index >= 15 is 0 Å². The van der Waals surface area contributed by atoms with Gasteiger partial charge in [0.25, 0.3) is 11.7 Å². The number of hydrogen-bond donors (Lipinski definition) is 3. The molecule has 5 heteroatoms. The number of hydrogen-bond acceptors (Lipinski definition) is 2. The van der Waals surface area contributed by atoms with Crippen molar-refractivity contribution >= 4 is 27.7 Å². The van der Waals surface area contributed by atoms with E-state index in [-0.39, 0.29) is 5.91 Å². The minimum atomic E-state index is -0.137. The van der Waals surface area contributed by atoms with Crippen LogP contribution in [0.2, 0.25) is 0 Å². The van der Waals surface area contributed by atoms with Crippen LogP contribution in [0.1, 0.15) is 23.2 Å². The Labute approximate surface area is 102 Å². The molecule has 1 aromatic carbocycles. The summed E-state index contributed by atoms with van der Waals surface area (Å²) in [5.41, 5.74) is 6.17. The van der Waals surface area contributed by atoms with Gasteiger partial charge in [-0.3, -0.25) is 9.79 Å². The smallest absolute Gasteiger partial charge is 0.277 e. The highest BCUT2D eigenvalue weighted by Gasteiger charge is 2.14. The van der Waals surface area contributed by atoms with Gasteiger partial charge in [0.05, 0.1) is 13.0 Å². The van der Waals surface area contributed by atoms with Gasteiger partial charge in [0.2, 0.25) is 0 Å². The molecule has 0 aromatic heterocycles. The van der Waals surface area contributed by atoms with Gasteiger partial charge < -0.3 is 0 Å². The molecule has 3 N–H and O–H groups in total. The van der Waals surface area contributed by atoms with Crippen molar-refractivity contribution in [3.8, 4) is 0 Å². The monoisotopic (exact) mass is 282 g/mol. The Bertz CT molecular complexity index is 431. The Morgan fingerprint density at radius 3 is 3.00 bits per heavy atom. The predicted molar refractivity (Wildman–Crippen MR) is 64.8 cm³/mol. The van der Waals surface area contributed by atoms with Gasteiger partial charge >= 0.3 is 0 Å². The summed E-state index contributed by atoms with van der Waals surface area (Å²) in [6.07, 6.45) is 2.06. The molecule has 1 heterocycles. The highest BCUT2D eigenvalue weighted by Crippen LogP contribution is 2.11. The van der Waals surface area contributed by atoms with Gasteiger partial charge in [-0.2, -0.15) is 10.9 Å². The summed E-state index contributed by atoms with van der Waals surface area (Å²) in [5.74, 6) is 0.839. The number of benzene rings is 1. The van der Waals surface area contributed by atoms with Crippen molar-refractivity contribution in [2.24, 2.45) is 0 Å². The number of rotatable bonds is 1. The maximum atomic E-state index is 11.7. The lowest BCUT2D eigenvalue weighted by molar-refractivity contribution is -0.449. The molecule has 1 aliphatic rings. The van der Waals surface area contributed by atoms with Crippen molar-refractivity contribution in [3.63, 3.8) is 0 Å². The van der Waals surface area contributed by atoms with Gasteiger partial charge in [-0.05, 0) is 24.6 Å². The molecule has 4 nitrogen and oxygen atoms in total. The van der Waals surface area contributed by atoms with Gasteiger partial charge in [0.1, 0.15) is 0 Å². The van der Waals surface area contributed by atoms with E-state index in [4.69, 9.17) is 0 Å². The second-order valence-electron chi connectivity index (χ2n) is 3.60. The Morgan fingerprint density at radius 2 is 2.31 bits per heavy atom. The molecule has 0 saturated heterocycles. The maximum Gasteiger partial charge on any atom is 0.286 e. The zero-order valence-corrected chi connectivity index (χ0v) is 10.3. The standard InChI is InChI=1S/C11H12BrN3O/c12-9-4-1-3-8(7-9)11(16)15-14-10-5-2-6-13-10/h1,3-4,7H,2,5-6H2,(H,13,14)(H,15,16)/p+1. The van der Waals surface area contributed by atoms with Crippen molar-refractivity contribution < 1.29 is 9.79 Å². The fourth-order valence-corrected chi connectivity index (χ4v) is 1.93. The maximum absolute atomic E-state index is 11.7. The summed E-state index contributed by atoms with van der Waals surface area (Å²) in [6.45, 7) is 0.967. The summed E-state index contributed by atoms with van der Waals surface area (Å²) in [5, 5.41) is 0. The molecular formula is C11H13BrN3O+. The zero-order chi connectivity index (χ0) is 11.4. The summed E-state index contributed by atoms with van der Waals surface area (Å²) in [7, 11) is 0. The molecule has 0 atom stereocenters. The lowest BCUT2D eigenvalue weighted by Gasteiger charge is -2.02. The molecular weight excluding hydrogens is 270 g/mol. The van der Waals surface area contributed by atoms with Crippen LogP contribution in [0.5, 0.6) is 0 Å². The van der Waals surface area contributed by atoms with Crippen molar-refractivity contribution in [2.45, 2.75) is 12.8 Å². The average molecular weight is 283 g/mol. The van der Waals surface area contributed by atoms with Gasteiger partial charge in [-0.1, -0.05) is 22.0 Å². The van der Waals surface area contributed by atoms with Crippen LogP contribution in [0.25, 0.3) is 0 Å². The Morgan fingerprint density at radius 1 is 1.44 bits per heavy atom. The molecule has 0 spiro atoms. The van der Waals surface area contributed by atoms with Crippen molar-refractivity contribution in [3.05, 3.63) is 34.3 Å². The van der Waals surface area contributed by atoms with Crippen LogP contribution in [0, 0.1) is 0 Å². The molecule has 1 aromatic rings. The number of halogens is 1. The third-order valence-electron chi connectivity index (χ3n) is 2.36. The van der Waals surface area contributed by atoms with E-state index in [0.717, 1.165) is 29.7 Å². The fraction of sp³-hybridized carbons (Fsp3) is 0.273. The second-order valence-corrected chi connectivity index (χ2v) is 4.51. The Hall–Kier alpha value is -1.36. The SMILES string of the molecule is O=C(NNC1=[NH+]CCC1)c1cccc(Br)c1. The summed E-state index contributed by atoms with van der Waals surface area (Å²) in [4.78, 5) is 14.9. The number of carbonyl (C=O) groups excluding carboxylic acids is 1. The zero-order valence-electron chi connectivity index (χ0n) is 8.72. The molecule has 0 saturated carbocycles. The molecule has 1 amide bonds. The van der Waals surface area contributed by atoms with E-state index in [1.807, 2.05) is 12.1 Å². The minimum absolute atomic E-state index is 0.137. The normalized spacial score (nSPS) is 14.4. The van der Waals surface area contributed by atoms with Crippen LogP contribution in [-0.4, -0.2) is 18.3 Å². The van der Waals surface area contributed by atoms with Crippen molar-refractivity contribution in [1.82, 2.24) is 10.9 Å². The topological polar surface area (TPSA) is 55.1 Å². The average Bonchev–Trinajstić information content (AvgIpc) is 2.78. The first-order chi connectivity index (χ1) is 7.75. The number of nitrogens with one attached hydrogen (secondary N) is 3. The van der Waals surface area contributed by atoms with Crippen LogP contribution in [0.3, 0.4) is 0 Å². The summed E-state index contributed by atoms with van der Waals surface area (Å²) in [6, 6.07) is 7.27. The lowest BCUT2D eigenvalue weighted by atomic mass is 10.2. The van der Waals surface area contributed by atoms with E-state index in [1.165, 1.54) is 0 Å². The van der Waals surface area contributed by atoms with E-state index < -0.39 is 0 Å². The molecule has 0 bridgehead atoms. The Kier molecular flexibility index (Phi) is 3.56. The lowest BCUT2D eigenvalue weighted by Crippen LogP contribution is -2.73. The van der Waals surface area contributed by atoms with E-state index in [9.17, 15) is 4.79 Å². The highest BCUT2D eigenvalue weighted by atomic mass is 79.9. The molecule has 0 fully saturated rings. The van der Waals surface area contributed by atoms with Crippen LogP contribution < -0.4 is 15.8 Å². The van der Waals surface area contributed by atoms with E-state index in [2.05, 4.69) is 31.8 Å². The largest absolute Gasteiger partial charge is 0.286 e. The first-order valence-corrected chi connectivity index (χ1v) is 5.96. The first kappa shape index (κ1) is 11.1. The van der Waals surface area contributed by atoms with E-state index in [1.54, 1.807) is 12.1 Å². The van der Waals surface area contributed by atoms with Crippen molar-refractivity contribution in [2.75, 3.05) is 6.54 Å². The van der Waals surface area contributed by atoms with Gasteiger partial charge in [0, 0.05) is 10.0 Å². The molecule has 0 unspecified atom stereocenters. The second kappa shape index (κ2) is 5.12. The molecule has 84 valence electrons. The molecule has 16 heavy (non-hydrogen) atoms. The van der Waals surface area contributed by atoms with Crippen LogP contribution in [0.4, 0.5) is 0 Å². The van der Waals surface area contributed by atoms with E-state index in [0.29, 0.717) is 5.56 Å². The number of amidine groups is 1. The first-order valence-electron chi connectivity index (χ1n) is 5.17. The third kappa shape index (κ3) is 2.82. The Balaban J connectivity index is 1.92. The molecule has 2 rings (SSSR count).